The van der Waals surface area contributed by atoms with Gasteiger partial charge in [0.2, 0.25) is 5.91 Å². The van der Waals surface area contributed by atoms with Crippen LogP contribution in [0.25, 0.3) is 0 Å². The van der Waals surface area contributed by atoms with Gasteiger partial charge in [0.05, 0.1) is 0 Å². The number of hydrogen-bond donors (Lipinski definition) is 0. The van der Waals surface area contributed by atoms with Gasteiger partial charge in [0.15, 0.2) is 0 Å². The van der Waals surface area contributed by atoms with Crippen molar-refractivity contribution < 1.29 is 9.59 Å². The molecule has 0 aliphatic carbocycles. The van der Waals surface area contributed by atoms with Crippen LogP contribution in [0.3, 0.4) is 0 Å². The monoisotopic (exact) mass is 328 g/mol. The predicted molar refractivity (Wildman–Crippen MR) is 86.2 cm³/mol. The second kappa shape index (κ2) is 6.77. The maximum atomic E-state index is 12.6. The molecular weight excluding hydrogens is 308 g/mol. The Morgan fingerprint density at radius 3 is 2.38 bits per heavy atom. The second-order valence-corrected chi connectivity index (χ2v) is 5.98. The molecule has 0 bridgehead atoms. The summed E-state index contributed by atoms with van der Waals surface area (Å²) in [5, 5.41) is 10.7. The molecule has 1 fully saturated rings. The fourth-order valence-corrected chi connectivity index (χ4v) is 2.71. The molecule has 2 amide bonds. The quantitative estimate of drug-likeness (QED) is 0.808. The van der Waals surface area contributed by atoms with E-state index < -0.39 is 0 Å². The summed E-state index contributed by atoms with van der Waals surface area (Å²) < 4.78 is 1.40. The Morgan fingerprint density at radius 2 is 1.75 bits per heavy atom. The first-order valence-electron chi connectivity index (χ1n) is 7.89. The zero-order valence-corrected chi connectivity index (χ0v) is 13.8. The molecule has 0 unspecified atom stereocenters. The van der Waals surface area contributed by atoms with Crippen LogP contribution in [0.15, 0.2) is 24.5 Å². The average Bonchev–Trinajstić information content (AvgIpc) is 3.10. The summed E-state index contributed by atoms with van der Waals surface area (Å²) >= 11 is 0. The van der Waals surface area contributed by atoms with E-state index in [9.17, 15) is 9.59 Å². The molecular formula is C16H20N6O2. The number of hydrogen-bond acceptors (Lipinski definition) is 5. The van der Waals surface area contributed by atoms with Crippen LogP contribution < -0.4 is 0 Å². The highest BCUT2D eigenvalue weighted by molar-refractivity contribution is 5.94. The normalized spacial score (nSPS) is 14.8. The van der Waals surface area contributed by atoms with Gasteiger partial charge in [-0.2, -0.15) is 0 Å². The van der Waals surface area contributed by atoms with Gasteiger partial charge in [-0.3, -0.25) is 9.59 Å². The van der Waals surface area contributed by atoms with Gasteiger partial charge in [-0.25, -0.2) is 4.68 Å². The lowest BCUT2D eigenvalue weighted by Crippen LogP contribution is -2.51. The van der Waals surface area contributed by atoms with Crippen molar-refractivity contribution in [1.82, 2.24) is 30.0 Å². The number of benzene rings is 1. The number of rotatable bonds is 3. The molecule has 8 nitrogen and oxygen atoms in total. The molecule has 0 N–H and O–H groups in total. The zero-order valence-electron chi connectivity index (χ0n) is 13.8. The Morgan fingerprint density at radius 1 is 1.04 bits per heavy atom. The van der Waals surface area contributed by atoms with Gasteiger partial charge in [0.1, 0.15) is 12.9 Å². The SMILES string of the molecule is Cc1ccc(C(=O)N2CCN(C(=O)Cn3cnnn3)CC2)cc1C. The Labute approximate surface area is 140 Å². The fourth-order valence-electron chi connectivity index (χ4n) is 2.71. The maximum absolute atomic E-state index is 12.6. The number of carbonyl (C=O) groups is 2. The number of aromatic nitrogens is 4. The number of carbonyl (C=O) groups excluding carboxylic acids is 2. The lowest BCUT2D eigenvalue weighted by Gasteiger charge is -2.34. The highest BCUT2D eigenvalue weighted by atomic mass is 16.2. The first-order valence-corrected chi connectivity index (χ1v) is 7.89. The van der Waals surface area contributed by atoms with Gasteiger partial charge in [-0.05, 0) is 47.5 Å². The molecule has 1 saturated heterocycles. The number of tetrazole rings is 1. The Hall–Kier alpha value is -2.77. The van der Waals surface area contributed by atoms with E-state index in [1.54, 1.807) is 9.80 Å². The van der Waals surface area contributed by atoms with Crippen molar-refractivity contribution in [3.63, 3.8) is 0 Å². The van der Waals surface area contributed by atoms with E-state index in [4.69, 9.17) is 0 Å². The van der Waals surface area contributed by atoms with Gasteiger partial charge in [0.25, 0.3) is 5.91 Å². The first kappa shape index (κ1) is 16.1. The number of amides is 2. The largest absolute Gasteiger partial charge is 0.338 e. The standard InChI is InChI=1S/C16H20N6O2/c1-12-3-4-14(9-13(12)2)16(24)21-7-5-20(6-8-21)15(23)10-22-11-17-18-19-22/h3-4,9,11H,5-8,10H2,1-2H3. The minimum Gasteiger partial charge on any atom is -0.338 e. The summed E-state index contributed by atoms with van der Waals surface area (Å²) in [5.41, 5.74) is 2.98. The zero-order chi connectivity index (χ0) is 17.1. The minimum atomic E-state index is -0.0411. The summed E-state index contributed by atoms with van der Waals surface area (Å²) in [6.45, 7) is 6.27. The second-order valence-electron chi connectivity index (χ2n) is 5.98. The number of nitrogens with zero attached hydrogens (tertiary/aromatic N) is 6. The van der Waals surface area contributed by atoms with Crippen LogP contribution in [0.2, 0.25) is 0 Å². The lowest BCUT2D eigenvalue weighted by molar-refractivity contribution is -0.133. The average molecular weight is 328 g/mol. The molecule has 0 radical (unpaired) electrons. The number of aryl methyl sites for hydroxylation is 2. The van der Waals surface area contributed by atoms with Crippen LogP contribution >= 0.6 is 0 Å². The molecule has 1 aliphatic heterocycles. The van der Waals surface area contributed by atoms with E-state index in [-0.39, 0.29) is 18.4 Å². The molecule has 1 aromatic carbocycles. The third-order valence-corrected chi connectivity index (χ3v) is 4.36. The van der Waals surface area contributed by atoms with Gasteiger partial charge in [-0.15, -0.1) is 5.10 Å². The van der Waals surface area contributed by atoms with E-state index in [0.29, 0.717) is 31.7 Å². The van der Waals surface area contributed by atoms with Crippen LogP contribution in [-0.2, 0) is 11.3 Å². The predicted octanol–water partition coefficient (Wildman–Crippen LogP) is 0.275. The maximum Gasteiger partial charge on any atom is 0.253 e. The Bertz CT molecular complexity index is 735. The van der Waals surface area contributed by atoms with Crippen molar-refractivity contribution >= 4 is 11.8 Å². The van der Waals surface area contributed by atoms with Gasteiger partial charge >= 0.3 is 0 Å². The summed E-state index contributed by atoms with van der Waals surface area (Å²) in [7, 11) is 0. The van der Waals surface area contributed by atoms with Crippen LogP contribution in [0.1, 0.15) is 21.5 Å². The first-order chi connectivity index (χ1) is 11.5. The summed E-state index contributed by atoms with van der Waals surface area (Å²) in [4.78, 5) is 28.3. The minimum absolute atomic E-state index is 0.0191. The molecule has 8 heteroatoms. The number of piperazine rings is 1. The smallest absolute Gasteiger partial charge is 0.253 e. The Balaban J connectivity index is 1.57. The fraction of sp³-hybridized carbons (Fsp3) is 0.438. The molecule has 1 aliphatic rings. The third-order valence-electron chi connectivity index (χ3n) is 4.36. The van der Waals surface area contributed by atoms with Crippen molar-refractivity contribution in [3.05, 3.63) is 41.2 Å². The van der Waals surface area contributed by atoms with E-state index in [0.717, 1.165) is 5.56 Å². The van der Waals surface area contributed by atoms with Crippen molar-refractivity contribution in [1.29, 1.82) is 0 Å². The van der Waals surface area contributed by atoms with Gasteiger partial charge in [-0.1, -0.05) is 6.07 Å². The third kappa shape index (κ3) is 3.42. The van der Waals surface area contributed by atoms with Gasteiger partial charge < -0.3 is 9.80 Å². The van der Waals surface area contributed by atoms with Crippen molar-refractivity contribution in [3.8, 4) is 0 Å². The highest BCUT2D eigenvalue weighted by Gasteiger charge is 2.25. The highest BCUT2D eigenvalue weighted by Crippen LogP contribution is 2.13. The summed E-state index contributed by atoms with van der Waals surface area (Å²) in [6.07, 6.45) is 1.41. The van der Waals surface area contributed by atoms with Crippen LogP contribution in [0, 0.1) is 13.8 Å². The molecule has 0 spiro atoms. The van der Waals surface area contributed by atoms with E-state index in [1.165, 1.54) is 16.6 Å². The van der Waals surface area contributed by atoms with Crippen LogP contribution in [0.5, 0.6) is 0 Å². The van der Waals surface area contributed by atoms with E-state index >= 15 is 0 Å². The molecule has 2 aromatic rings. The molecule has 2 heterocycles. The topological polar surface area (TPSA) is 84.2 Å². The molecule has 0 saturated carbocycles. The van der Waals surface area contributed by atoms with E-state index in [2.05, 4.69) is 15.5 Å². The Kier molecular flexibility index (Phi) is 4.54. The summed E-state index contributed by atoms with van der Waals surface area (Å²) in [6, 6.07) is 5.75. The van der Waals surface area contributed by atoms with Crippen LogP contribution in [0.4, 0.5) is 0 Å². The molecule has 24 heavy (non-hydrogen) atoms. The van der Waals surface area contributed by atoms with Crippen molar-refractivity contribution in [2.45, 2.75) is 20.4 Å². The van der Waals surface area contributed by atoms with Crippen LogP contribution in [-0.4, -0.2) is 68.0 Å². The molecule has 126 valence electrons. The van der Waals surface area contributed by atoms with Gasteiger partial charge in [0, 0.05) is 31.7 Å². The van der Waals surface area contributed by atoms with Crippen molar-refractivity contribution in [2.24, 2.45) is 0 Å². The van der Waals surface area contributed by atoms with Crippen molar-refractivity contribution in [2.75, 3.05) is 26.2 Å². The summed E-state index contributed by atoms with van der Waals surface area (Å²) in [5.74, 6) is -0.0220. The molecule has 0 atom stereocenters. The van der Waals surface area contributed by atoms with E-state index in [1.807, 2.05) is 32.0 Å². The lowest BCUT2D eigenvalue weighted by atomic mass is 10.1. The molecule has 3 rings (SSSR count). The molecule has 1 aromatic heterocycles.